The number of ether oxygens (including phenoxy) is 3. The second kappa shape index (κ2) is 12.5. The smallest absolute Gasteiger partial charge is 0.394 e. The van der Waals surface area contributed by atoms with Crippen LogP contribution in [0.15, 0.2) is 23.8 Å². The number of nitrogen functional groups attached to an aromatic ring is 2. The number of phosphoric acid groups is 1. The Morgan fingerprint density at radius 2 is 1.76 bits per heavy atom. The summed E-state index contributed by atoms with van der Waals surface area (Å²) in [6.07, 6.45) is -10.1. The SMILES string of the molecule is Nc1nc2c(ncn2[C@@H]2O[C@H](CO)C(F)[C@@H]2OP(=O)(O)OC[C@H]2O[C@@H](n3cnc4c(N)ncnc43)C(O)[C@H]2OC[P+](=O)O)c(=O)[nH]1. The number of aliphatic hydroxyl groups is 2. The number of anilines is 2. The van der Waals surface area contributed by atoms with Gasteiger partial charge in [-0.3, -0.25) is 28.0 Å². The molecule has 2 fully saturated rings. The first-order valence-electron chi connectivity index (χ1n) is 13.2. The van der Waals surface area contributed by atoms with Gasteiger partial charge in [0.1, 0.15) is 42.4 Å². The van der Waals surface area contributed by atoms with Gasteiger partial charge in [-0.1, -0.05) is 0 Å². The zero-order valence-corrected chi connectivity index (χ0v) is 24.9. The highest BCUT2D eigenvalue weighted by Crippen LogP contribution is 2.50. The van der Waals surface area contributed by atoms with E-state index in [4.69, 9.17) is 34.7 Å². The maximum Gasteiger partial charge on any atom is 0.534 e. The number of aliphatic hydroxyl groups excluding tert-OH is 2. The molecule has 25 heteroatoms. The third kappa shape index (κ3) is 5.98. The Hall–Kier alpha value is -3.60. The molecule has 22 nitrogen and oxygen atoms in total. The second-order valence-corrected chi connectivity index (χ2v) is 12.4. The molecule has 0 aliphatic carbocycles. The van der Waals surface area contributed by atoms with Crippen molar-refractivity contribution in [2.45, 2.75) is 49.1 Å². The molecule has 2 aliphatic rings. The zero-order chi connectivity index (χ0) is 32.9. The van der Waals surface area contributed by atoms with Crippen molar-refractivity contribution in [3.05, 3.63) is 29.3 Å². The normalized spacial score (nSPS) is 29.9. The number of hydrogen-bond donors (Lipinski definition) is 7. The number of hydrogen-bond acceptors (Lipinski definition) is 17. The molecule has 0 saturated carbocycles. The maximum absolute atomic E-state index is 15.4. The fourth-order valence-electron chi connectivity index (χ4n) is 5.15. The second-order valence-electron chi connectivity index (χ2n) is 10.1. The minimum Gasteiger partial charge on any atom is -0.394 e. The lowest BCUT2D eigenvalue weighted by molar-refractivity contribution is -0.0648. The fraction of sp³-hybridized carbons (Fsp3) is 0.524. The van der Waals surface area contributed by atoms with E-state index in [0.29, 0.717) is 0 Å². The van der Waals surface area contributed by atoms with Crippen molar-refractivity contribution in [3.8, 4) is 0 Å². The van der Waals surface area contributed by atoms with E-state index < -0.39 is 90.1 Å². The van der Waals surface area contributed by atoms with E-state index >= 15 is 4.39 Å². The van der Waals surface area contributed by atoms with Gasteiger partial charge in [-0.05, 0) is 4.57 Å². The molecule has 4 unspecified atom stereocenters. The molecule has 9 N–H and O–H groups in total. The molecule has 2 aliphatic heterocycles. The lowest BCUT2D eigenvalue weighted by Crippen LogP contribution is -2.37. The van der Waals surface area contributed by atoms with E-state index in [2.05, 4.69) is 29.9 Å². The quantitative estimate of drug-likeness (QED) is 0.0852. The van der Waals surface area contributed by atoms with Crippen molar-refractivity contribution < 1.29 is 56.8 Å². The van der Waals surface area contributed by atoms with E-state index in [-0.39, 0.29) is 34.1 Å². The molecule has 10 atom stereocenters. The Morgan fingerprint density at radius 1 is 1.07 bits per heavy atom. The number of nitrogens with two attached hydrogens (primary N) is 2. The average Bonchev–Trinajstić information content (AvgIpc) is 3.76. The predicted octanol–water partition coefficient (Wildman–Crippen LogP) is -1.81. The third-order valence-electron chi connectivity index (χ3n) is 7.17. The average molecular weight is 691 g/mol. The summed E-state index contributed by atoms with van der Waals surface area (Å²) in [4.78, 5) is 54.2. The van der Waals surface area contributed by atoms with Gasteiger partial charge in [0.05, 0.1) is 25.9 Å². The van der Waals surface area contributed by atoms with Crippen molar-refractivity contribution in [3.63, 3.8) is 0 Å². The monoisotopic (exact) mass is 691 g/mol. The van der Waals surface area contributed by atoms with Crippen molar-refractivity contribution in [2.24, 2.45) is 0 Å². The molecule has 46 heavy (non-hydrogen) atoms. The van der Waals surface area contributed by atoms with Gasteiger partial charge in [0, 0.05) is 0 Å². The lowest BCUT2D eigenvalue weighted by Gasteiger charge is -2.24. The number of aromatic nitrogens is 8. The number of H-pyrrole nitrogens is 1. The first-order valence-corrected chi connectivity index (χ1v) is 16.1. The first kappa shape index (κ1) is 32.3. The molecule has 6 rings (SSSR count). The van der Waals surface area contributed by atoms with Crippen LogP contribution in [0.25, 0.3) is 22.3 Å². The standard InChI is InChI=1S/C21H25FN10O12P2/c22-9-7(1-33)42-20(32-5-28-11-17(32)29-21(24)30-18(11)35)14(9)44-46(38,39)41-2-8-13(40-6-45(36)37)12(34)19(43-8)31-4-27-10-15(23)25-3-26-16(10)31/h3-5,7-9,12-14,19-20,33-34H,1-2,6H2,(H6-,23,24,25,26,29,30,35,36,37,38,39)/p+1/t7-,8-,9?,12?,13+,14+,19-,20-/m1/s1. The minimum atomic E-state index is -5.23. The summed E-state index contributed by atoms with van der Waals surface area (Å²) in [5.41, 5.74) is 10.7. The molecule has 4 aromatic heterocycles. The summed E-state index contributed by atoms with van der Waals surface area (Å²) in [6.45, 7) is -1.67. The van der Waals surface area contributed by atoms with Crippen LogP contribution in [0, 0.1) is 0 Å². The van der Waals surface area contributed by atoms with Crippen LogP contribution < -0.4 is 17.0 Å². The summed E-state index contributed by atoms with van der Waals surface area (Å²) in [6, 6.07) is 0. The van der Waals surface area contributed by atoms with E-state index in [1.807, 2.05) is 0 Å². The topological polar surface area (TPSA) is 320 Å². The highest BCUT2D eigenvalue weighted by molar-refractivity contribution is 7.47. The maximum atomic E-state index is 15.4. The zero-order valence-electron chi connectivity index (χ0n) is 23.1. The van der Waals surface area contributed by atoms with Gasteiger partial charge in [-0.15, -0.1) is 0 Å². The number of nitrogens with zero attached hydrogens (tertiary/aromatic N) is 7. The Morgan fingerprint density at radius 3 is 2.48 bits per heavy atom. The molecule has 0 spiro atoms. The number of imidazole rings is 2. The molecule has 248 valence electrons. The van der Waals surface area contributed by atoms with Gasteiger partial charge in [-0.25, -0.2) is 28.9 Å². The Bertz CT molecular complexity index is 1880. The van der Waals surface area contributed by atoms with Gasteiger partial charge in [0.15, 0.2) is 41.3 Å². The predicted molar refractivity (Wildman–Crippen MR) is 148 cm³/mol. The first-order chi connectivity index (χ1) is 21.9. The van der Waals surface area contributed by atoms with Crippen LogP contribution in [0.5, 0.6) is 0 Å². The molecular formula is C21H26FN10O12P2+. The van der Waals surface area contributed by atoms with Gasteiger partial charge < -0.3 is 40.8 Å². The van der Waals surface area contributed by atoms with Crippen LogP contribution >= 0.6 is 15.9 Å². The Kier molecular flexibility index (Phi) is 8.82. The molecule has 6 heterocycles. The van der Waals surface area contributed by atoms with Gasteiger partial charge in [0.25, 0.3) is 11.9 Å². The minimum absolute atomic E-state index is 0.0399. The molecule has 4 aromatic rings. The highest BCUT2D eigenvalue weighted by atomic mass is 31.2. The van der Waals surface area contributed by atoms with E-state index in [1.54, 1.807) is 0 Å². The molecule has 0 amide bonds. The fourth-order valence-corrected chi connectivity index (χ4v) is 6.38. The summed E-state index contributed by atoms with van der Waals surface area (Å²) in [5, 5.41) is 20.7. The number of aromatic amines is 1. The summed E-state index contributed by atoms with van der Waals surface area (Å²) in [7, 11) is -8.05. The number of fused-ring (bicyclic) bond motifs is 2. The van der Waals surface area contributed by atoms with E-state index in [0.717, 1.165) is 17.2 Å². The molecule has 0 radical (unpaired) electrons. The number of rotatable bonds is 11. The van der Waals surface area contributed by atoms with Crippen LogP contribution in [0.4, 0.5) is 16.2 Å². The number of alkyl halides is 1. The van der Waals surface area contributed by atoms with Crippen LogP contribution in [0.1, 0.15) is 12.5 Å². The van der Waals surface area contributed by atoms with Crippen LogP contribution in [0.2, 0.25) is 0 Å². The van der Waals surface area contributed by atoms with E-state index in [9.17, 15) is 33.9 Å². The van der Waals surface area contributed by atoms with Crippen LogP contribution in [-0.4, -0.2) is 115 Å². The Balaban J connectivity index is 1.22. The Labute approximate surface area is 255 Å². The summed E-state index contributed by atoms with van der Waals surface area (Å²) >= 11 is 0. The molecular weight excluding hydrogens is 665 g/mol. The molecule has 0 bridgehead atoms. The number of nitrogens with one attached hydrogen (secondary N) is 1. The number of halogens is 1. The van der Waals surface area contributed by atoms with Crippen molar-refractivity contribution in [1.29, 1.82) is 0 Å². The largest absolute Gasteiger partial charge is 0.534 e. The van der Waals surface area contributed by atoms with Gasteiger partial charge in [0.2, 0.25) is 5.95 Å². The van der Waals surface area contributed by atoms with Crippen LogP contribution in [0.3, 0.4) is 0 Å². The van der Waals surface area contributed by atoms with Gasteiger partial charge in [-0.2, -0.15) is 9.88 Å². The molecule has 2 saturated heterocycles. The van der Waals surface area contributed by atoms with Crippen LogP contribution in [-0.2, 0) is 32.4 Å². The summed E-state index contributed by atoms with van der Waals surface area (Å²) in [5.74, 6) is -0.265. The van der Waals surface area contributed by atoms with Gasteiger partial charge >= 0.3 is 15.9 Å². The molecule has 0 aromatic carbocycles. The van der Waals surface area contributed by atoms with Crippen molar-refractivity contribution >= 4 is 49.9 Å². The lowest BCUT2D eigenvalue weighted by atomic mass is 10.1. The van der Waals surface area contributed by atoms with E-state index in [1.165, 1.54) is 10.9 Å². The number of phosphoric ester groups is 1. The van der Waals surface area contributed by atoms with Crippen molar-refractivity contribution in [1.82, 2.24) is 39.0 Å². The van der Waals surface area contributed by atoms with Crippen molar-refractivity contribution in [2.75, 3.05) is 31.0 Å². The summed E-state index contributed by atoms with van der Waals surface area (Å²) < 4.78 is 69.2. The third-order valence-corrected chi connectivity index (χ3v) is 8.53. The highest BCUT2D eigenvalue weighted by Gasteiger charge is 2.52.